The number of nitrogens with one attached hydrogen (secondary N) is 1. The molecule has 116 valence electrons. The van der Waals surface area contributed by atoms with Crippen LogP contribution in [0.3, 0.4) is 0 Å². The van der Waals surface area contributed by atoms with E-state index in [9.17, 15) is 9.90 Å². The molecule has 4 nitrogen and oxygen atoms in total. The van der Waals surface area contributed by atoms with Crippen molar-refractivity contribution in [3.8, 4) is 0 Å². The van der Waals surface area contributed by atoms with Gasteiger partial charge in [-0.2, -0.15) is 0 Å². The maximum Gasteiger partial charge on any atom is 0.219 e. The molecule has 3 atom stereocenters. The number of aliphatic hydroxyl groups excluding tert-OH is 1. The highest BCUT2D eigenvalue weighted by molar-refractivity contribution is 5.73. The maximum absolute atomic E-state index is 11.7. The van der Waals surface area contributed by atoms with Gasteiger partial charge in [0.25, 0.3) is 0 Å². The number of carbonyl (C=O) groups is 1. The van der Waals surface area contributed by atoms with Gasteiger partial charge in [0.05, 0.1) is 6.10 Å². The molecule has 2 rings (SSSR count). The first-order valence-corrected chi connectivity index (χ1v) is 8.12. The fourth-order valence-corrected chi connectivity index (χ4v) is 3.05. The minimum absolute atomic E-state index is 0.159. The van der Waals surface area contributed by atoms with Gasteiger partial charge in [0.15, 0.2) is 0 Å². The van der Waals surface area contributed by atoms with Gasteiger partial charge >= 0.3 is 0 Å². The number of nitrogens with zero attached hydrogens (tertiary/aromatic N) is 1. The van der Waals surface area contributed by atoms with Gasteiger partial charge in [-0.25, -0.2) is 0 Å². The molecule has 0 spiro atoms. The molecule has 20 heavy (non-hydrogen) atoms. The van der Waals surface area contributed by atoms with Gasteiger partial charge in [0, 0.05) is 26.1 Å². The molecule has 0 aromatic carbocycles. The molecule has 1 heterocycles. The van der Waals surface area contributed by atoms with Crippen LogP contribution in [0.1, 0.15) is 46.5 Å². The Bertz CT molecular complexity index is 328. The minimum Gasteiger partial charge on any atom is -0.393 e. The molecule has 1 saturated heterocycles. The number of piperidine rings is 1. The SMILES string of the molecule is CC(=O)N1CC(CC(O)C(C)C)CC(NCC2CC2)C1. The molecule has 4 heteroatoms. The quantitative estimate of drug-likeness (QED) is 0.778. The van der Waals surface area contributed by atoms with Crippen LogP contribution in [0.4, 0.5) is 0 Å². The van der Waals surface area contributed by atoms with E-state index < -0.39 is 0 Å². The highest BCUT2D eigenvalue weighted by Gasteiger charge is 2.31. The molecule has 1 aliphatic carbocycles. The van der Waals surface area contributed by atoms with Crippen molar-refractivity contribution in [3.63, 3.8) is 0 Å². The first kappa shape index (κ1) is 15.8. The summed E-state index contributed by atoms with van der Waals surface area (Å²) in [5, 5.41) is 13.7. The van der Waals surface area contributed by atoms with Gasteiger partial charge in [0.1, 0.15) is 0 Å². The van der Waals surface area contributed by atoms with Crippen LogP contribution in [0.2, 0.25) is 0 Å². The lowest BCUT2D eigenvalue weighted by Gasteiger charge is -2.39. The molecule has 0 radical (unpaired) electrons. The Kier molecular flexibility index (Phi) is 5.44. The van der Waals surface area contributed by atoms with Gasteiger partial charge in [0.2, 0.25) is 5.91 Å². The number of amides is 1. The van der Waals surface area contributed by atoms with Crippen LogP contribution in [0.25, 0.3) is 0 Å². The summed E-state index contributed by atoms with van der Waals surface area (Å²) < 4.78 is 0. The van der Waals surface area contributed by atoms with Gasteiger partial charge in [-0.1, -0.05) is 13.8 Å². The first-order valence-electron chi connectivity index (χ1n) is 8.12. The molecule has 0 aromatic heterocycles. The van der Waals surface area contributed by atoms with Crippen molar-refractivity contribution in [2.24, 2.45) is 17.8 Å². The normalized spacial score (nSPS) is 28.8. The number of aliphatic hydroxyl groups is 1. The lowest BCUT2D eigenvalue weighted by molar-refractivity contribution is -0.131. The Hall–Kier alpha value is -0.610. The molecular formula is C16H30N2O2. The average Bonchev–Trinajstić information content (AvgIpc) is 3.19. The number of carbonyl (C=O) groups excluding carboxylic acids is 1. The number of rotatable bonds is 6. The number of hydrogen-bond donors (Lipinski definition) is 2. The second kappa shape index (κ2) is 6.90. The van der Waals surface area contributed by atoms with Crippen molar-refractivity contribution >= 4 is 5.91 Å². The van der Waals surface area contributed by atoms with Gasteiger partial charge in [-0.05, 0) is 50.0 Å². The van der Waals surface area contributed by atoms with Crippen molar-refractivity contribution < 1.29 is 9.90 Å². The molecule has 2 aliphatic rings. The summed E-state index contributed by atoms with van der Waals surface area (Å²) in [5.74, 6) is 1.73. The average molecular weight is 282 g/mol. The fraction of sp³-hybridized carbons (Fsp3) is 0.938. The van der Waals surface area contributed by atoms with Gasteiger partial charge < -0.3 is 15.3 Å². The molecule has 1 aliphatic heterocycles. The van der Waals surface area contributed by atoms with Crippen LogP contribution in [-0.2, 0) is 4.79 Å². The summed E-state index contributed by atoms with van der Waals surface area (Å²) in [7, 11) is 0. The largest absolute Gasteiger partial charge is 0.393 e. The summed E-state index contributed by atoms with van der Waals surface area (Å²) in [6.45, 7) is 8.49. The first-order chi connectivity index (χ1) is 9.45. The van der Waals surface area contributed by atoms with E-state index in [1.54, 1.807) is 6.92 Å². The zero-order chi connectivity index (χ0) is 14.7. The van der Waals surface area contributed by atoms with Crippen LogP contribution in [0.15, 0.2) is 0 Å². The Balaban J connectivity index is 1.87. The molecule has 1 amide bonds. The molecule has 1 saturated carbocycles. The van der Waals surface area contributed by atoms with E-state index in [1.165, 1.54) is 12.8 Å². The van der Waals surface area contributed by atoms with E-state index in [1.807, 2.05) is 4.90 Å². The van der Waals surface area contributed by atoms with Crippen molar-refractivity contribution in [1.29, 1.82) is 0 Å². The summed E-state index contributed by atoms with van der Waals surface area (Å²) >= 11 is 0. The molecule has 0 bridgehead atoms. The van der Waals surface area contributed by atoms with Gasteiger partial charge in [-0.3, -0.25) is 4.79 Å². The van der Waals surface area contributed by atoms with Crippen molar-refractivity contribution in [2.45, 2.75) is 58.6 Å². The summed E-state index contributed by atoms with van der Waals surface area (Å²) in [6, 6.07) is 0.401. The number of likely N-dealkylation sites (tertiary alicyclic amines) is 1. The summed E-state index contributed by atoms with van der Waals surface area (Å²) in [4.78, 5) is 13.6. The van der Waals surface area contributed by atoms with Crippen LogP contribution in [0.5, 0.6) is 0 Å². The molecule has 3 unspecified atom stereocenters. The third-order valence-electron chi connectivity index (χ3n) is 4.72. The lowest BCUT2D eigenvalue weighted by Crippen LogP contribution is -2.51. The topological polar surface area (TPSA) is 52.6 Å². The van der Waals surface area contributed by atoms with Crippen molar-refractivity contribution in [1.82, 2.24) is 10.2 Å². The minimum atomic E-state index is -0.254. The number of hydrogen-bond acceptors (Lipinski definition) is 3. The van der Waals surface area contributed by atoms with E-state index in [2.05, 4.69) is 19.2 Å². The Labute approximate surface area is 122 Å². The molecule has 2 N–H and O–H groups in total. The highest BCUT2D eigenvalue weighted by atomic mass is 16.3. The maximum atomic E-state index is 11.7. The van der Waals surface area contributed by atoms with Crippen LogP contribution < -0.4 is 5.32 Å². The molecular weight excluding hydrogens is 252 g/mol. The highest BCUT2D eigenvalue weighted by Crippen LogP contribution is 2.29. The fourth-order valence-electron chi connectivity index (χ4n) is 3.05. The summed E-state index contributed by atoms with van der Waals surface area (Å²) in [5.41, 5.74) is 0. The van der Waals surface area contributed by atoms with E-state index in [0.29, 0.717) is 17.9 Å². The van der Waals surface area contributed by atoms with Gasteiger partial charge in [-0.15, -0.1) is 0 Å². The molecule has 2 fully saturated rings. The zero-order valence-corrected chi connectivity index (χ0v) is 13.1. The van der Waals surface area contributed by atoms with Crippen molar-refractivity contribution in [3.05, 3.63) is 0 Å². The summed E-state index contributed by atoms with van der Waals surface area (Å²) in [6.07, 6.45) is 4.34. The Morgan fingerprint density at radius 1 is 1.30 bits per heavy atom. The lowest BCUT2D eigenvalue weighted by atomic mass is 9.86. The predicted octanol–water partition coefficient (Wildman–Crippen LogP) is 1.63. The zero-order valence-electron chi connectivity index (χ0n) is 13.1. The Morgan fingerprint density at radius 3 is 2.55 bits per heavy atom. The monoisotopic (exact) mass is 282 g/mol. The molecule has 0 aromatic rings. The van der Waals surface area contributed by atoms with E-state index in [-0.39, 0.29) is 12.0 Å². The van der Waals surface area contributed by atoms with Crippen LogP contribution in [-0.4, -0.2) is 47.7 Å². The van der Waals surface area contributed by atoms with Crippen molar-refractivity contribution in [2.75, 3.05) is 19.6 Å². The second-order valence-corrected chi connectivity index (χ2v) is 7.12. The van der Waals surface area contributed by atoms with E-state index >= 15 is 0 Å². The van der Waals surface area contributed by atoms with E-state index in [0.717, 1.165) is 38.4 Å². The third kappa shape index (κ3) is 4.74. The smallest absolute Gasteiger partial charge is 0.219 e. The standard InChI is InChI=1S/C16H30N2O2/c1-11(2)16(20)7-14-6-15(17-8-13-4-5-13)10-18(9-14)12(3)19/h11,13-17,20H,4-10H2,1-3H3. The van der Waals surface area contributed by atoms with Crippen LogP contribution in [0, 0.1) is 17.8 Å². The Morgan fingerprint density at radius 2 is 2.00 bits per heavy atom. The third-order valence-corrected chi connectivity index (χ3v) is 4.72. The van der Waals surface area contributed by atoms with E-state index in [4.69, 9.17) is 0 Å². The van der Waals surface area contributed by atoms with Crippen LogP contribution >= 0.6 is 0 Å². The predicted molar refractivity (Wildman–Crippen MR) is 80.3 cm³/mol. The second-order valence-electron chi connectivity index (χ2n) is 7.12.